The van der Waals surface area contributed by atoms with Crippen molar-refractivity contribution in [2.75, 3.05) is 6.54 Å². The van der Waals surface area contributed by atoms with E-state index in [4.69, 9.17) is 0 Å². The Balaban J connectivity index is 1.62. The Labute approximate surface area is 153 Å². The van der Waals surface area contributed by atoms with Crippen LogP contribution in [0.3, 0.4) is 0 Å². The lowest BCUT2D eigenvalue weighted by Crippen LogP contribution is -2.35. The minimum absolute atomic E-state index is 0.0461. The Hall–Kier alpha value is -2.23. The van der Waals surface area contributed by atoms with Crippen LogP contribution in [0.2, 0.25) is 0 Å². The molecule has 1 aliphatic rings. The van der Waals surface area contributed by atoms with E-state index in [0.717, 1.165) is 18.1 Å². The Bertz CT molecular complexity index is 813. The summed E-state index contributed by atoms with van der Waals surface area (Å²) in [6.45, 7) is 6.50. The fourth-order valence-electron chi connectivity index (χ4n) is 3.80. The molecule has 26 heavy (non-hydrogen) atoms. The van der Waals surface area contributed by atoms with Crippen LogP contribution in [-0.2, 0) is 16.6 Å². The van der Waals surface area contributed by atoms with Crippen molar-refractivity contribution in [3.8, 4) is 0 Å². The van der Waals surface area contributed by atoms with Gasteiger partial charge in [0.25, 0.3) is 0 Å². The van der Waals surface area contributed by atoms with Crippen LogP contribution < -0.4 is 5.32 Å². The lowest BCUT2D eigenvalue weighted by molar-refractivity contribution is -0.121. The number of amides is 1. The highest BCUT2D eigenvalue weighted by Crippen LogP contribution is 2.64. The molecule has 1 amide bonds. The number of carbonyl (C=O) groups excluding carboxylic acids is 1. The van der Waals surface area contributed by atoms with Crippen LogP contribution in [0.25, 0.3) is 0 Å². The molecule has 0 spiro atoms. The van der Waals surface area contributed by atoms with E-state index in [1.54, 1.807) is 0 Å². The zero-order valence-electron chi connectivity index (χ0n) is 15.5. The second kappa shape index (κ2) is 6.82. The first-order valence-corrected chi connectivity index (χ1v) is 9.01. The molecule has 0 heterocycles. The van der Waals surface area contributed by atoms with Crippen molar-refractivity contribution in [1.29, 1.82) is 0 Å². The summed E-state index contributed by atoms with van der Waals surface area (Å²) in [5.41, 5.74) is 2.21. The lowest BCUT2D eigenvalue weighted by atomic mass is 9.87. The maximum Gasteiger partial charge on any atom is 0.220 e. The summed E-state index contributed by atoms with van der Waals surface area (Å²) in [7, 11) is 0. The van der Waals surface area contributed by atoms with Gasteiger partial charge in [0.1, 0.15) is 11.6 Å². The number of benzene rings is 2. The van der Waals surface area contributed by atoms with Crippen LogP contribution in [0, 0.1) is 24.0 Å². The summed E-state index contributed by atoms with van der Waals surface area (Å²) >= 11 is 0. The molecular formula is C22H25F2NO. The van der Waals surface area contributed by atoms with Crippen molar-refractivity contribution in [3.05, 3.63) is 70.8 Å². The largest absolute Gasteiger partial charge is 0.355 e. The molecular weight excluding hydrogens is 332 g/mol. The Morgan fingerprint density at radius 3 is 2.35 bits per heavy atom. The summed E-state index contributed by atoms with van der Waals surface area (Å²) in [6.07, 6.45) is 1.83. The molecule has 2 aromatic rings. The summed E-state index contributed by atoms with van der Waals surface area (Å²) in [5.74, 6) is -1.17. The van der Waals surface area contributed by atoms with Crippen molar-refractivity contribution in [2.24, 2.45) is 5.41 Å². The highest BCUT2D eigenvalue weighted by Gasteiger charge is 2.62. The molecule has 4 heteroatoms. The molecule has 1 saturated carbocycles. The highest BCUT2D eigenvalue weighted by atomic mass is 19.1. The molecule has 0 saturated heterocycles. The van der Waals surface area contributed by atoms with Crippen LogP contribution in [-0.4, -0.2) is 12.5 Å². The van der Waals surface area contributed by atoms with E-state index in [-0.39, 0.29) is 11.3 Å². The number of nitrogens with one attached hydrogen (secondary N) is 1. The third kappa shape index (κ3) is 3.64. The fourth-order valence-corrected chi connectivity index (χ4v) is 3.80. The van der Waals surface area contributed by atoms with Gasteiger partial charge in [0.2, 0.25) is 5.91 Å². The third-order valence-electron chi connectivity index (χ3n) is 5.71. The zero-order chi connectivity index (χ0) is 18.9. The number of hydrogen-bond acceptors (Lipinski definition) is 1. The maximum atomic E-state index is 14.3. The van der Waals surface area contributed by atoms with E-state index < -0.39 is 17.0 Å². The smallest absolute Gasteiger partial charge is 0.220 e. The van der Waals surface area contributed by atoms with Crippen LogP contribution >= 0.6 is 0 Å². The molecule has 2 aromatic carbocycles. The molecule has 0 radical (unpaired) electrons. The van der Waals surface area contributed by atoms with E-state index in [1.165, 1.54) is 17.7 Å². The standard InChI is InChI=1S/C22H25F2NO/c1-15-4-6-16(7-5-15)8-11-20(26)25-14-22(13-21(22,2)3)18-10-9-17(23)12-19(18)24/h4-7,9-10,12H,8,11,13-14H2,1-3H3,(H,25,26). The number of halogens is 2. The predicted molar refractivity (Wildman–Crippen MR) is 98.9 cm³/mol. The Kier molecular flexibility index (Phi) is 4.87. The highest BCUT2D eigenvalue weighted by molar-refractivity contribution is 5.76. The molecule has 3 rings (SSSR count). The van der Waals surface area contributed by atoms with Crippen molar-refractivity contribution in [2.45, 2.75) is 45.4 Å². The van der Waals surface area contributed by atoms with Gasteiger partial charge in [-0.05, 0) is 42.4 Å². The van der Waals surface area contributed by atoms with Crippen LogP contribution in [0.1, 0.15) is 43.4 Å². The molecule has 0 bridgehead atoms. The SMILES string of the molecule is Cc1ccc(CCC(=O)NCC2(c3ccc(F)cc3F)CC2(C)C)cc1. The third-order valence-corrected chi connectivity index (χ3v) is 5.71. The van der Waals surface area contributed by atoms with E-state index in [2.05, 4.69) is 5.32 Å². The molecule has 0 aromatic heterocycles. The van der Waals surface area contributed by atoms with E-state index in [1.807, 2.05) is 45.0 Å². The first kappa shape index (κ1) is 18.6. The molecule has 138 valence electrons. The summed E-state index contributed by atoms with van der Waals surface area (Å²) in [6, 6.07) is 11.8. The molecule has 1 fully saturated rings. The normalized spacial score (nSPS) is 20.7. The average molecular weight is 357 g/mol. The number of hydrogen-bond donors (Lipinski definition) is 1. The zero-order valence-corrected chi connectivity index (χ0v) is 15.5. The van der Waals surface area contributed by atoms with Crippen molar-refractivity contribution in [1.82, 2.24) is 5.32 Å². The van der Waals surface area contributed by atoms with Crippen molar-refractivity contribution >= 4 is 5.91 Å². The maximum absolute atomic E-state index is 14.3. The van der Waals surface area contributed by atoms with E-state index >= 15 is 0 Å². The van der Waals surface area contributed by atoms with Crippen molar-refractivity contribution in [3.63, 3.8) is 0 Å². The van der Waals surface area contributed by atoms with Crippen LogP contribution in [0.4, 0.5) is 8.78 Å². The fraction of sp³-hybridized carbons (Fsp3) is 0.409. The van der Waals surface area contributed by atoms with Crippen LogP contribution in [0.15, 0.2) is 42.5 Å². The minimum Gasteiger partial charge on any atom is -0.355 e. The van der Waals surface area contributed by atoms with Gasteiger partial charge in [-0.3, -0.25) is 4.79 Å². The molecule has 1 aliphatic carbocycles. The topological polar surface area (TPSA) is 29.1 Å². The van der Waals surface area contributed by atoms with Gasteiger partial charge in [-0.2, -0.15) is 0 Å². The summed E-state index contributed by atoms with van der Waals surface area (Å²) in [5, 5.41) is 2.96. The summed E-state index contributed by atoms with van der Waals surface area (Å²) in [4.78, 5) is 12.3. The van der Waals surface area contributed by atoms with E-state index in [9.17, 15) is 13.6 Å². The Morgan fingerprint density at radius 2 is 1.77 bits per heavy atom. The van der Waals surface area contributed by atoms with E-state index in [0.29, 0.717) is 24.9 Å². The number of aryl methyl sites for hydroxylation is 2. The van der Waals surface area contributed by atoms with Gasteiger partial charge in [0.15, 0.2) is 0 Å². The quantitative estimate of drug-likeness (QED) is 0.798. The first-order chi connectivity index (χ1) is 12.2. The number of carbonyl (C=O) groups is 1. The second-order valence-electron chi connectivity index (χ2n) is 8.03. The molecule has 2 nitrogen and oxygen atoms in total. The molecule has 0 aliphatic heterocycles. The van der Waals surface area contributed by atoms with Gasteiger partial charge >= 0.3 is 0 Å². The van der Waals surface area contributed by atoms with Gasteiger partial charge in [-0.1, -0.05) is 49.7 Å². The molecule has 1 N–H and O–H groups in total. The minimum atomic E-state index is -0.581. The predicted octanol–water partition coefficient (Wildman–Crippen LogP) is 4.69. The van der Waals surface area contributed by atoms with Gasteiger partial charge in [0, 0.05) is 24.4 Å². The molecule has 1 unspecified atom stereocenters. The lowest BCUT2D eigenvalue weighted by Gasteiger charge is -2.22. The van der Waals surface area contributed by atoms with Gasteiger partial charge in [-0.25, -0.2) is 8.78 Å². The van der Waals surface area contributed by atoms with Gasteiger partial charge < -0.3 is 5.32 Å². The summed E-state index contributed by atoms with van der Waals surface area (Å²) < 4.78 is 27.5. The monoisotopic (exact) mass is 357 g/mol. The van der Waals surface area contributed by atoms with Gasteiger partial charge in [0.05, 0.1) is 0 Å². The molecule has 1 atom stereocenters. The average Bonchev–Trinajstić information content (AvgIpc) is 3.14. The van der Waals surface area contributed by atoms with Crippen LogP contribution in [0.5, 0.6) is 0 Å². The first-order valence-electron chi connectivity index (χ1n) is 9.01. The second-order valence-corrected chi connectivity index (χ2v) is 8.03. The Morgan fingerprint density at radius 1 is 1.12 bits per heavy atom. The van der Waals surface area contributed by atoms with Crippen molar-refractivity contribution < 1.29 is 13.6 Å². The van der Waals surface area contributed by atoms with Gasteiger partial charge in [-0.15, -0.1) is 0 Å². The number of rotatable bonds is 6.